The van der Waals surface area contributed by atoms with Gasteiger partial charge in [-0.05, 0) is 80.5 Å². The van der Waals surface area contributed by atoms with Crippen LogP contribution in [0.5, 0.6) is 11.5 Å². The second-order valence-corrected chi connectivity index (χ2v) is 14.4. The second-order valence-electron chi connectivity index (χ2n) is 14.0. The van der Waals surface area contributed by atoms with Crippen molar-refractivity contribution in [3.8, 4) is 11.5 Å². The van der Waals surface area contributed by atoms with Crippen molar-refractivity contribution in [3.63, 3.8) is 0 Å². The molecule has 20 nitrogen and oxygen atoms in total. The lowest BCUT2D eigenvalue weighted by molar-refractivity contribution is -0.136. The topological polar surface area (TPSA) is 349 Å². The lowest BCUT2D eigenvalue weighted by atomic mass is 10.0. The molecule has 0 saturated carbocycles. The number of thiol groups is 1. The summed E-state index contributed by atoms with van der Waals surface area (Å²) in [6.45, 7) is 0.376. The standard InChI is InChI=1S/C38H55N11O9S/c39-16-2-1-4-25-33(54)49-30(20-59)37(58)48-29(19-22-8-12-24(51)13-9-22)36(57)47-28(18-21-6-10-23(50)11-7-21)35(56)46-27(14-15-31(40)52)34(55)45-26(32(53)44-25)5-3-17-43-38(41)42/h6-13,25-30,50-51,59H,1-5,14-20,39H2,(H2,40,52)(H,44,53)(H,45,55)(H,46,56)(H,47,57)(H,48,58)(H,49,54)(H4,41,42,43)/t25-,26-,27-,28-,29-,30-/m0/s1. The molecule has 2 aromatic rings. The third-order valence-corrected chi connectivity index (χ3v) is 9.67. The number of carbonyl (C=O) groups excluding carboxylic acids is 7. The van der Waals surface area contributed by atoms with Crippen molar-refractivity contribution in [1.29, 1.82) is 0 Å². The minimum atomic E-state index is -1.46. The Hall–Kier alpha value is -6.09. The molecular formula is C38H55N11O9S. The van der Waals surface area contributed by atoms with E-state index in [0.29, 0.717) is 30.5 Å². The normalized spacial score (nSPS) is 22.3. The average Bonchev–Trinajstić information content (AvgIpc) is 3.19. The molecule has 7 amide bonds. The molecule has 21 heteroatoms. The van der Waals surface area contributed by atoms with Gasteiger partial charge in [-0.2, -0.15) is 12.6 Å². The number of aliphatic imine (C=N–C) groups is 1. The Kier molecular flexibility index (Phi) is 19.2. The molecule has 3 rings (SSSR count). The van der Waals surface area contributed by atoms with E-state index in [2.05, 4.69) is 49.5 Å². The summed E-state index contributed by atoms with van der Waals surface area (Å²) in [5.74, 6) is -6.24. The predicted octanol–water partition coefficient (Wildman–Crippen LogP) is -2.82. The van der Waals surface area contributed by atoms with E-state index in [1.54, 1.807) is 0 Å². The molecular weight excluding hydrogens is 787 g/mol. The average molecular weight is 842 g/mol. The summed E-state index contributed by atoms with van der Waals surface area (Å²) < 4.78 is 0. The van der Waals surface area contributed by atoms with Crippen LogP contribution < -0.4 is 54.8 Å². The number of nitrogens with zero attached hydrogens (tertiary/aromatic N) is 1. The van der Waals surface area contributed by atoms with Crippen LogP contribution in [0.2, 0.25) is 0 Å². The van der Waals surface area contributed by atoms with Gasteiger partial charge in [0.2, 0.25) is 41.4 Å². The van der Waals surface area contributed by atoms with E-state index in [9.17, 15) is 43.8 Å². The van der Waals surface area contributed by atoms with Crippen LogP contribution in [0.15, 0.2) is 53.5 Å². The molecule has 322 valence electrons. The molecule has 0 radical (unpaired) electrons. The first-order valence-electron chi connectivity index (χ1n) is 19.1. The Morgan fingerprint density at radius 2 is 0.932 bits per heavy atom. The SMILES string of the molecule is NCCCC[C@@H]1NC(=O)[C@H](CCCN=C(N)N)NC(=O)[C@H](CCC(N)=O)NC(=O)[C@H](Cc2ccc(O)cc2)NC(=O)[C@H](Cc2ccc(O)cc2)NC(=O)[C@H](CS)NC1=O. The zero-order valence-electron chi connectivity index (χ0n) is 32.5. The van der Waals surface area contributed by atoms with E-state index in [4.69, 9.17) is 22.9 Å². The van der Waals surface area contributed by atoms with Crippen molar-refractivity contribution in [1.82, 2.24) is 31.9 Å². The molecule has 1 fully saturated rings. The maximum Gasteiger partial charge on any atom is 0.244 e. The summed E-state index contributed by atoms with van der Waals surface area (Å²) >= 11 is 4.28. The second kappa shape index (κ2) is 24.0. The summed E-state index contributed by atoms with van der Waals surface area (Å²) in [6.07, 6.45) is 0.180. The fourth-order valence-corrected chi connectivity index (χ4v) is 6.33. The van der Waals surface area contributed by atoms with Crippen LogP contribution in [-0.4, -0.2) is 113 Å². The lowest BCUT2D eigenvalue weighted by Gasteiger charge is -2.29. The fourth-order valence-electron chi connectivity index (χ4n) is 6.07. The maximum absolute atomic E-state index is 14.2. The number of nitrogens with two attached hydrogens (primary N) is 4. The largest absolute Gasteiger partial charge is 0.508 e. The van der Waals surface area contributed by atoms with Gasteiger partial charge in [0.05, 0.1) is 0 Å². The maximum atomic E-state index is 14.2. The summed E-state index contributed by atoms with van der Waals surface area (Å²) in [6, 6.07) is 3.53. The van der Waals surface area contributed by atoms with Gasteiger partial charge in [-0.3, -0.25) is 38.6 Å². The van der Waals surface area contributed by atoms with Crippen LogP contribution in [0.3, 0.4) is 0 Å². The fraction of sp³-hybridized carbons (Fsp3) is 0.474. The summed E-state index contributed by atoms with van der Waals surface area (Å²) in [7, 11) is 0. The Morgan fingerprint density at radius 3 is 1.34 bits per heavy atom. The smallest absolute Gasteiger partial charge is 0.244 e. The van der Waals surface area contributed by atoms with E-state index in [0.717, 1.165) is 0 Å². The highest BCUT2D eigenvalue weighted by molar-refractivity contribution is 7.80. The minimum absolute atomic E-state index is 0.0361. The van der Waals surface area contributed by atoms with Gasteiger partial charge < -0.3 is 65.0 Å². The molecule has 2 aromatic carbocycles. The predicted molar refractivity (Wildman–Crippen MR) is 220 cm³/mol. The highest BCUT2D eigenvalue weighted by Crippen LogP contribution is 2.15. The Bertz CT molecular complexity index is 1790. The van der Waals surface area contributed by atoms with E-state index in [1.165, 1.54) is 48.5 Å². The molecule has 0 spiro atoms. The molecule has 16 N–H and O–H groups in total. The number of nitrogens with one attached hydrogen (secondary N) is 6. The molecule has 0 aliphatic carbocycles. The van der Waals surface area contributed by atoms with Crippen LogP contribution in [0.4, 0.5) is 0 Å². The van der Waals surface area contributed by atoms with Gasteiger partial charge in [0.25, 0.3) is 0 Å². The Labute approximate surface area is 346 Å². The van der Waals surface area contributed by atoms with Gasteiger partial charge in [-0.25, -0.2) is 0 Å². The monoisotopic (exact) mass is 841 g/mol. The number of hydrogen-bond donors (Lipinski definition) is 13. The molecule has 0 bridgehead atoms. The third-order valence-electron chi connectivity index (χ3n) is 9.30. The number of unbranched alkanes of at least 4 members (excludes halogenated alkanes) is 1. The number of hydrogen-bond acceptors (Lipinski definition) is 12. The molecule has 1 saturated heterocycles. The van der Waals surface area contributed by atoms with Gasteiger partial charge in [0.15, 0.2) is 5.96 Å². The molecule has 59 heavy (non-hydrogen) atoms. The highest BCUT2D eigenvalue weighted by Gasteiger charge is 2.35. The van der Waals surface area contributed by atoms with Crippen LogP contribution in [0.1, 0.15) is 56.1 Å². The summed E-state index contributed by atoms with van der Waals surface area (Å²) in [5.41, 5.74) is 23.0. The van der Waals surface area contributed by atoms with Gasteiger partial charge in [0.1, 0.15) is 47.8 Å². The van der Waals surface area contributed by atoms with Crippen LogP contribution >= 0.6 is 12.6 Å². The molecule has 0 aromatic heterocycles. The number of carbonyl (C=O) groups is 7. The van der Waals surface area contributed by atoms with Gasteiger partial charge in [-0.1, -0.05) is 24.3 Å². The molecule has 6 atom stereocenters. The number of primary amides is 1. The van der Waals surface area contributed by atoms with Crippen molar-refractivity contribution in [2.45, 2.75) is 94.0 Å². The summed E-state index contributed by atoms with van der Waals surface area (Å²) in [4.78, 5) is 99.6. The first-order chi connectivity index (χ1) is 28.1. The number of benzene rings is 2. The Morgan fingerprint density at radius 1 is 0.559 bits per heavy atom. The van der Waals surface area contributed by atoms with Crippen LogP contribution in [0.25, 0.3) is 0 Å². The van der Waals surface area contributed by atoms with Crippen LogP contribution in [0, 0.1) is 0 Å². The van der Waals surface area contributed by atoms with Crippen molar-refractivity contribution in [3.05, 3.63) is 59.7 Å². The number of amides is 7. The first kappa shape index (κ1) is 47.3. The van der Waals surface area contributed by atoms with Gasteiger partial charge in [-0.15, -0.1) is 0 Å². The van der Waals surface area contributed by atoms with Gasteiger partial charge in [0, 0.05) is 31.6 Å². The van der Waals surface area contributed by atoms with Crippen molar-refractivity contribution in [2.24, 2.45) is 27.9 Å². The number of rotatable bonds is 16. The zero-order valence-corrected chi connectivity index (χ0v) is 33.4. The lowest BCUT2D eigenvalue weighted by Crippen LogP contribution is -2.62. The number of phenols is 2. The molecule has 1 aliphatic rings. The number of aromatic hydroxyl groups is 2. The first-order valence-corrected chi connectivity index (χ1v) is 19.8. The number of phenolic OH excluding ortho intramolecular Hbond substituents is 2. The van der Waals surface area contributed by atoms with Crippen molar-refractivity contribution >= 4 is 59.9 Å². The van der Waals surface area contributed by atoms with Crippen molar-refractivity contribution in [2.75, 3.05) is 18.8 Å². The van der Waals surface area contributed by atoms with E-state index in [-0.39, 0.29) is 74.7 Å². The minimum Gasteiger partial charge on any atom is -0.508 e. The molecule has 1 heterocycles. The van der Waals surface area contributed by atoms with E-state index < -0.39 is 77.6 Å². The number of guanidine groups is 1. The van der Waals surface area contributed by atoms with Crippen molar-refractivity contribution < 1.29 is 43.8 Å². The van der Waals surface area contributed by atoms with Crippen LogP contribution in [-0.2, 0) is 46.4 Å². The molecule has 0 unspecified atom stereocenters. The molecule has 1 aliphatic heterocycles. The van der Waals surface area contributed by atoms with Gasteiger partial charge >= 0.3 is 0 Å². The quantitative estimate of drug-likeness (QED) is 0.0353. The third kappa shape index (κ3) is 16.4. The highest BCUT2D eigenvalue weighted by atomic mass is 32.1. The van der Waals surface area contributed by atoms with E-state index >= 15 is 0 Å². The van der Waals surface area contributed by atoms with E-state index in [1.807, 2.05) is 0 Å². The Balaban J connectivity index is 2.13. The summed E-state index contributed by atoms with van der Waals surface area (Å²) in [5, 5.41) is 35.5. The zero-order chi connectivity index (χ0) is 43.5.